The molecule has 1 aromatic heterocycles. The van der Waals surface area contributed by atoms with Crippen molar-refractivity contribution in [3.8, 4) is 5.75 Å². The monoisotopic (exact) mass is 324 g/mol. The molecule has 1 saturated heterocycles. The molecule has 0 spiro atoms. The Balaban J connectivity index is 1.85. The molecule has 3 rings (SSSR count). The summed E-state index contributed by atoms with van der Waals surface area (Å²) >= 11 is 1.74. The average molecular weight is 324 g/mol. The molecule has 0 unspecified atom stereocenters. The highest BCUT2D eigenvalue weighted by Crippen LogP contribution is 2.25. The van der Waals surface area contributed by atoms with Crippen molar-refractivity contribution >= 4 is 22.7 Å². The zero-order chi connectivity index (χ0) is 15.5. The first kappa shape index (κ1) is 15.3. The lowest BCUT2D eigenvalue weighted by Crippen LogP contribution is -2.18. The van der Waals surface area contributed by atoms with Crippen LogP contribution < -0.4 is 10.3 Å². The second-order valence-corrected chi connectivity index (χ2v) is 6.43. The number of fused-ring (bicyclic) bond motifs is 1. The largest absolute Gasteiger partial charge is 0.497 e. The van der Waals surface area contributed by atoms with Crippen molar-refractivity contribution in [3.05, 3.63) is 34.1 Å². The maximum atomic E-state index is 13.9. The molecular formula is C15H17FN2O3S. The third kappa shape index (κ3) is 3.25. The number of hydrogen-bond acceptors (Lipinski definition) is 5. The van der Waals surface area contributed by atoms with Crippen LogP contribution in [0.4, 0.5) is 4.39 Å². The van der Waals surface area contributed by atoms with Gasteiger partial charge in [-0.25, -0.2) is 9.37 Å². The molecular weight excluding hydrogens is 307 g/mol. The molecule has 118 valence electrons. The summed E-state index contributed by atoms with van der Waals surface area (Å²) in [6.45, 7) is 1.56. The molecule has 22 heavy (non-hydrogen) atoms. The lowest BCUT2D eigenvalue weighted by Gasteiger charge is -2.21. The summed E-state index contributed by atoms with van der Waals surface area (Å²) in [6.07, 6.45) is 2.01. The van der Waals surface area contributed by atoms with Crippen molar-refractivity contribution in [2.75, 3.05) is 20.3 Å². The Morgan fingerprint density at radius 2 is 2.23 bits per heavy atom. The highest BCUT2D eigenvalue weighted by Gasteiger charge is 2.16. The van der Waals surface area contributed by atoms with Crippen molar-refractivity contribution < 1.29 is 13.9 Å². The van der Waals surface area contributed by atoms with Gasteiger partial charge in [-0.2, -0.15) is 11.8 Å². The number of nitrogens with zero attached hydrogens (tertiary/aromatic N) is 1. The van der Waals surface area contributed by atoms with Gasteiger partial charge in [-0.15, -0.1) is 0 Å². The maximum Gasteiger partial charge on any atom is 0.261 e. The molecule has 1 aromatic carbocycles. The lowest BCUT2D eigenvalue weighted by atomic mass is 10.2. The summed E-state index contributed by atoms with van der Waals surface area (Å²) in [5, 5.41) is 0.484. The number of methoxy groups -OCH3 is 1. The van der Waals surface area contributed by atoms with Crippen molar-refractivity contribution in [1.82, 2.24) is 9.97 Å². The van der Waals surface area contributed by atoms with Crippen LogP contribution in [-0.4, -0.2) is 35.5 Å². The zero-order valence-electron chi connectivity index (χ0n) is 12.2. The smallest absolute Gasteiger partial charge is 0.261 e. The summed E-state index contributed by atoms with van der Waals surface area (Å²) in [6, 6.07) is 2.77. The Kier molecular flexibility index (Phi) is 4.63. The van der Waals surface area contributed by atoms with Crippen LogP contribution >= 0.6 is 11.8 Å². The molecule has 0 bridgehead atoms. The van der Waals surface area contributed by atoms with Crippen LogP contribution in [0.1, 0.15) is 18.7 Å². The number of nitrogens with one attached hydrogen (secondary N) is 1. The molecule has 1 aliphatic rings. The van der Waals surface area contributed by atoms with Crippen LogP contribution in [-0.2, 0) is 10.5 Å². The predicted octanol–water partition coefficient (Wildman–Crippen LogP) is 2.48. The first-order valence-electron chi connectivity index (χ1n) is 7.13. The van der Waals surface area contributed by atoms with E-state index < -0.39 is 11.4 Å². The topological polar surface area (TPSA) is 64.2 Å². The molecule has 2 aromatic rings. The van der Waals surface area contributed by atoms with Crippen LogP contribution in [0.5, 0.6) is 5.75 Å². The van der Waals surface area contributed by atoms with Crippen LogP contribution in [0.2, 0.25) is 0 Å². The van der Waals surface area contributed by atoms with Crippen molar-refractivity contribution in [2.24, 2.45) is 0 Å². The summed E-state index contributed by atoms with van der Waals surface area (Å²) in [7, 11) is 1.45. The van der Waals surface area contributed by atoms with E-state index in [0.717, 1.165) is 26.1 Å². The van der Waals surface area contributed by atoms with Gasteiger partial charge in [0.1, 0.15) is 22.8 Å². The van der Waals surface area contributed by atoms with E-state index in [1.165, 1.54) is 13.2 Å². The molecule has 0 amide bonds. The first-order valence-corrected chi connectivity index (χ1v) is 8.18. The predicted molar refractivity (Wildman–Crippen MR) is 84.0 cm³/mol. The number of hydrogen-bond donors (Lipinski definition) is 1. The van der Waals surface area contributed by atoms with Crippen molar-refractivity contribution in [2.45, 2.75) is 23.8 Å². The second kappa shape index (κ2) is 6.66. The van der Waals surface area contributed by atoms with Gasteiger partial charge in [0.2, 0.25) is 0 Å². The Labute approximate surface area is 131 Å². The molecule has 1 aliphatic heterocycles. The number of thioether (sulfide) groups is 1. The van der Waals surface area contributed by atoms with Gasteiger partial charge in [-0.3, -0.25) is 4.79 Å². The van der Waals surface area contributed by atoms with Gasteiger partial charge in [0.25, 0.3) is 5.56 Å². The number of benzene rings is 1. The third-order valence-electron chi connectivity index (χ3n) is 3.64. The molecule has 2 heterocycles. The second-order valence-electron chi connectivity index (χ2n) is 5.14. The molecule has 1 N–H and O–H groups in total. The lowest BCUT2D eigenvalue weighted by molar-refractivity contribution is 0.1000. The van der Waals surface area contributed by atoms with Crippen LogP contribution in [0.25, 0.3) is 10.9 Å². The van der Waals surface area contributed by atoms with Crippen LogP contribution in [0.15, 0.2) is 16.9 Å². The fourth-order valence-electron chi connectivity index (χ4n) is 2.47. The van der Waals surface area contributed by atoms with Gasteiger partial charge < -0.3 is 14.5 Å². The fourth-order valence-corrected chi connectivity index (χ4v) is 3.53. The van der Waals surface area contributed by atoms with Gasteiger partial charge in [0.05, 0.1) is 18.4 Å². The zero-order valence-corrected chi connectivity index (χ0v) is 13.0. The molecule has 0 atom stereocenters. The van der Waals surface area contributed by atoms with E-state index in [2.05, 4.69) is 9.97 Å². The highest BCUT2D eigenvalue weighted by atomic mass is 32.2. The van der Waals surface area contributed by atoms with E-state index in [0.29, 0.717) is 28.1 Å². The van der Waals surface area contributed by atoms with Gasteiger partial charge in [-0.05, 0) is 12.8 Å². The van der Waals surface area contributed by atoms with E-state index >= 15 is 0 Å². The maximum absolute atomic E-state index is 13.9. The van der Waals surface area contributed by atoms with Crippen LogP contribution in [0.3, 0.4) is 0 Å². The number of H-pyrrole nitrogens is 1. The Bertz CT molecular complexity index is 729. The van der Waals surface area contributed by atoms with Crippen LogP contribution in [0, 0.1) is 5.82 Å². The normalized spacial score (nSPS) is 16.1. The quantitative estimate of drug-likeness (QED) is 0.936. The molecule has 0 aliphatic carbocycles. The minimum atomic E-state index is -0.619. The van der Waals surface area contributed by atoms with E-state index in [1.807, 2.05) is 0 Å². The summed E-state index contributed by atoms with van der Waals surface area (Å²) in [5.74, 6) is 0.883. The van der Waals surface area contributed by atoms with Crippen molar-refractivity contribution in [1.29, 1.82) is 0 Å². The minimum Gasteiger partial charge on any atom is -0.497 e. The van der Waals surface area contributed by atoms with Gasteiger partial charge >= 0.3 is 0 Å². The molecule has 7 heteroatoms. The molecule has 0 radical (unpaired) electrons. The van der Waals surface area contributed by atoms with E-state index in [-0.39, 0.29) is 5.39 Å². The molecule has 5 nitrogen and oxygen atoms in total. The molecule has 1 fully saturated rings. The standard InChI is InChI=1S/C15H17FN2O3S/c1-20-9-6-11(16)14-12(7-9)17-13(18-15(14)19)8-22-10-2-4-21-5-3-10/h6-7,10H,2-5,8H2,1H3,(H,17,18,19). The fraction of sp³-hybridized carbons (Fsp3) is 0.467. The van der Waals surface area contributed by atoms with E-state index in [4.69, 9.17) is 9.47 Å². The van der Waals surface area contributed by atoms with E-state index in [1.54, 1.807) is 17.8 Å². The number of aromatic nitrogens is 2. The molecule has 0 saturated carbocycles. The third-order valence-corrected chi connectivity index (χ3v) is 5.03. The Morgan fingerprint density at radius 3 is 2.95 bits per heavy atom. The number of rotatable bonds is 4. The average Bonchev–Trinajstić information content (AvgIpc) is 2.53. The SMILES string of the molecule is COc1cc(F)c2c(=O)[nH]c(CSC3CCOCC3)nc2c1. The van der Waals surface area contributed by atoms with Gasteiger partial charge in [0, 0.05) is 30.6 Å². The number of aromatic amines is 1. The minimum absolute atomic E-state index is 0.0272. The number of halogens is 1. The number of ether oxygens (including phenoxy) is 2. The van der Waals surface area contributed by atoms with E-state index in [9.17, 15) is 9.18 Å². The Hall–Kier alpha value is -1.60. The van der Waals surface area contributed by atoms with Gasteiger partial charge in [0.15, 0.2) is 0 Å². The Morgan fingerprint density at radius 1 is 1.45 bits per heavy atom. The summed E-state index contributed by atoms with van der Waals surface area (Å²) in [5.41, 5.74) is -0.129. The van der Waals surface area contributed by atoms with Gasteiger partial charge in [-0.1, -0.05) is 0 Å². The summed E-state index contributed by atoms with van der Waals surface area (Å²) in [4.78, 5) is 19.1. The highest BCUT2D eigenvalue weighted by molar-refractivity contribution is 7.99. The first-order chi connectivity index (χ1) is 10.7. The summed E-state index contributed by atoms with van der Waals surface area (Å²) < 4.78 is 24.3. The van der Waals surface area contributed by atoms with Crippen molar-refractivity contribution in [3.63, 3.8) is 0 Å².